The third kappa shape index (κ3) is 3.69. The standard InChI is InChI=1S/C14H25NO3/c1-14(2)8-7-12(18-14)9-15-11-5-3-10(4-6-11)13(16)17/h10-12,15H,3-9H2,1-2H3,(H,16,17). The van der Waals surface area contributed by atoms with Crippen LogP contribution in [0, 0.1) is 5.92 Å². The Hall–Kier alpha value is -0.610. The zero-order valence-corrected chi connectivity index (χ0v) is 11.4. The maximum Gasteiger partial charge on any atom is 0.306 e. The smallest absolute Gasteiger partial charge is 0.306 e. The summed E-state index contributed by atoms with van der Waals surface area (Å²) in [6, 6.07) is 0.480. The molecule has 4 nitrogen and oxygen atoms in total. The lowest BCUT2D eigenvalue weighted by Gasteiger charge is -2.28. The van der Waals surface area contributed by atoms with Gasteiger partial charge in [0.25, 0.3) is 0 Å². The van der Waals surface area contributed by atoms with Gasteiger partial charge in [0.1, 0.15) is 0 Å². The molecule has 2 fully saturated rings. The Kier molecular flexibility index (Phi) is 4.28. The predicted molar refractivity (Wildman–Crippen MR) is 69.6 cm³/mol. The fourth-order valence-corrected chi connectivity index (χ4v) is 3.06. The fraction of sp³-hybridized carbons (Fsp3) is 0.929. The second kappa shape index (κ2) is 5.57. The molecule has 0 amide bonds. The lowest BCUT2D eigenvalue weighted by atomic mass is 9.86. The molecule has 0 aromatic rings. The van der Waals surface area contributed by atoms with E-state index in [9.17, 15) is 4.79 Å². The quantitative estimate of drug-likeness (QED) is 0.808. The van der Waals surface area contributed by atoms with E-state index in [1.165, 1.54) is 0 Å². The van der Waals surface area contributed by atoms with E-state index in [0.29, 0.717) is 12.1 Å². The molecule has 4 heteroatoms. The number of carboxylic acid groups (broad SMARTS) is 1. The first-order chi connectivity index (χ1) is 8.46. The first kappa shape index (κ1) is 13.8. The molecule has 104 valence electrons. The molecular weight excluding hydrogens is 230 g/mol. The SMILES string of the molecule is CC1(C)CCC(CNC2CCC(C(=O)O)CC2)O1. The fourth-order valence-electron chi connectivity index (χ4n) is 3.06. The number of carbonyl (C=O) groups is 1. The maximum atomic E-state index is 10.9. The van der Waals surface area contributed by atoms with Gasteiger partial charge in [0.15, 0.2) is 0 Å². The molecule has 2 rings (SSSR count). The summed E-state index contributed by atoms with van der Waals surface area (Å²) < 4.78 is 5.94. The molecule has 1 atom stereocenters. The largest absolute Gasteiger partial charge is 0.481 e. The molecule has 1 aliphatic heterocycles. The molecule has 2 N–H and O–H groups in total. The minimum atomic E-state index is -0.630. The molecule has 1 unspecified atom stereocenters. The van der Waals surface area contributed by atoms with Crippen molar-refractivity contribution in [2.24, 2.45) is 5.92 Å². The Balaban J connectivity index is 1.65. The van der Waals surface area contributed by atoms with Crippen LogP contribution in [-0.2, 0) is 9.53 Å². The Morgan fingerprint density at radius 3 is 2.44 bits per heavy atom. The van der Waals surface area contributed by atoms with Crippen molar-refractivity contribution in [2.45, 2.75) is 70.1 Å². The second-order valence-electron chi connectivity index (χ2n) is 6.33. The van der Waals surface area contributed by atoms with Gasteiger partial charge in [-0.15, -0.1) is 0 Å². The van der Waals surface area contributed by atoms with E-state index in [1.54, 1.807) is 0 Å². The van der Waals surface area contributed by atoms with Gasteiger partial charge in [-0.25, -0.2) is 0 Å². The van der Waals surface area contributed by atoms with Crippen molar-refractivity contribution in [2.75, 3.05) is 6.54 Å². The summed E-state index contributed by atoms with van der Waals surface area (Å²) in [7, 11) is 0. The first-order valence-corrected chi connectivity index (χ1v) is 7.10. The topological polar surface area (TPSA) is 58.6 Å². The van der Waals surface area contributed by atoms with Gasteiger partial charge >= 0.3 is 5.97 Å². The third-order valence-electron chi connectivity index (χ3n) is 4.26. The summed E-state index contributed by atoms with van der Waals surface area (Å²) in [5.41, 5.74) is 0.0350. The number of carboxylic acids is 1. The number of hydrogen-bond donors (Lipinski definition) is 2. The lowest BCUT2D eigenvalue weighted by Crippen LogP contribution is -2.39. The summed E-state index contributed by atoms with van der Waals surface area (Å²) in [6.07, 6.45) is 6.17. The van der Waals surface area contributed by atoms with Crippen molar-refractivity contribution >= 4 is 5.97 Å². The van der Waals surface area contributed by atoms with E-state index < -0.39 is 5.97 Å². The first-order valence-electron chi connectivity index (χ1n) is 7.10. The number of aliphatic carboxylic acids is 1. The highest BCUT2D eigenvalue weighted by Crippen LogP contribution is 2.29. The van der Waals surface area contributed by atoms with Crippen molar-refractivity contribution in [1.82, 2.24) is 5.32 Å². The van der Waals surface area contributed by atoms with Crippen LogP contribution in [0.25, 0.3) is 0 Å². The van der Waals surface area contributed by atoms with Crippen LogP contribution >= 0.6 is 0 Å². The van der Waals surface area contributed by atoms with Crippen molar-refractivity contribution in [3.05, 3.63) is 0 Å². The van der Waals surface area contributed by atoms with Gasteiger partial charge in [-0.1, -0.05) is 0 Å². The van der Waals surface area contributed by atoms with Crippen LogP contribution in [0.4, 0.5) is 0 Å². The van der Waals surface area contributed by atoms with Gasteiger partial charge in [-0.3, -0.25) is 4.79 Å². The van der Waals surface area contributed by atoms with Gasteiger partial charge in [-0.05, 0) is 52.4 Å². The van der Waals surface area contributed by atoms with Crippen molar-refractivity contribution in [1.29, 1.82) is 0 Å². The minimum absolute atomic E-state index is 0.0350. The van der Waals surface area contributed by atoms with E-state index in [0.717, 1.165) is 45.1 Å². The van der Waals surface area contributed by atoms with Gasteiger partial charge in [0.05, 0.1) is 17.6 Å². The maximum absolute atomic E-state index is 10.9. The summed E-state index contributed by atoms with van der Waals surface area (Å²) in [5, 5.41) is 12.5. The Morgan fingerprint density at radius 1 is 1.28 bits per heavy atom. The molecule has 0 spiro atoms. The summed E-state index contributed by atoms with van der Waals surface area (Å²) in [6.45, 7) is 5.20. The van der Waals surface area contributed by atoms with E-state index in [4.69, 9.17) is 9.84 Å². The van der Waals surface area contributed by atoms with Crippen LogP contribution in [-0.4, -0.2) is 35.4 Å². The summed E-state index contributed by atoms with van der Waals surface area (Å²) in [5.74, 6) is -0.751. The van der Waals surface area contributed by atoms with Crippen molar-refractivity contribution in [3.8, 4) is 0 Å². The monoisotopic (exact) mass is 255 g/mol. The lowest BCUT2D eigenvalue weighted by molar-refractivity contribution is -0.142. The van der Waals surface area contributed by atoms with Gasteiger partial charge in [0, 0.05) is 12.6 Å². The highest BCUT2D eigenvalue weighted by atomic mass is 16.5. The predicted octanol–water partition coefficient (Wildman–Crippen LogP) is 2.18. The minimum Gasteiger partial charge on any atom is -0.481 e. The van der Waals surface area contributed by atoms with E-state index in [2.05, 4.69) is 19.2 Å². The van der Waals surface area contributed by atoms with E-state index in [1.807, 2.05) is 0 Å². The third-order valence-corrected chi connectivity index (χ3v) is 4.26. The Bertz CT molecular complexity index is 295. The highest BCUT2D eigenvalue weighted by molar-refractivity contribution is 5.70. The van der Waals surface area contributed by atoms with Crippen LogP contribution < -0.4 is 5.32 Å². The van der Waals surface area contributed by atoms with Crippen LogP contribution in [0.15, 0.2) is 0 Å². The van der Waals surface area contributed by atoms with Gasteiger partial charge in [0.2, 0.25) is 0 Å². The van der Waals surface area contributed by atoms with Crippen LogP contribution in [0.1, 0.15) is 52.4 Å². The molecule has 0 aromatic carbocycles. The molecule has 1 saturated heterocycles. The molecular formula is C14H25NO3. The molecule has 0 radical (unpaired) electrons. The number of hydrogen-bond acceptors (Lipinski definition) is 3. The Morgan fingerprint density at radius 2 is 1.94 bits per heavy atom. The summed E-state index contributed by atoms with van der Waals surface area (Å²) >= 11 is 0. The zero-order chi connectivity index (χ0) is 13.2. The normalized spacial score (nSPS) is 35.6. The average molecular weight is 255 g/mol. The van der Waals surface area contributed by atoms with Crippen LogP contribution in [0.2, 0.25) is 0 Å². The summed E-state index contributed by atoms with van der Waals surface area (Å²) in [4.78, 5) is 10.9. The second-order valence-corrected chi connectivity index (χ2v) is 6.33. The number of nitrogens with one attached hydrogen (secondary N) is 1. The van der Waals surface area contributed by atoms with E-state index in [-0.39, 0.29) is 11.5 Å². The van der Waals surface area contributed by atoms with Gasteiger partial charge < -0.3 is 15.2 Å². The molecule has 0 bridgehead atoms. The molecule has 0 aromatic heterocycles. The van der Waals surface area contributed by atoms with Crippen LogP contribution in [0.3, 0.4) is 0 Å². The van der Waals surface area contributed by atoms with Crippen molar-refractivity contribution < 1.29 is 14.6 Å². The Labute approximate surface area is 109 Å². The average Bonchev–Trinajstić information content (AvgIpc) is 2.67. The molecule has 1 saturated carbocycles. The molecule has 1 aliphatic carbocycles. The van der Waals surface area contributed by atoms with Crippen molar-refractivity contribution in [3.63, 3.8) is 0 Å². The number of rotatable bonds is 4. The molecule has 2 aliphatic rings. The zero-order valence-electron chi connectivity index (χ0n) is 11.4. The van der Waals surface area contributed by atoms with Gasteiger partial charge in [-0.2, -0.15) is 0 Å². The molecule has 18 heavy (non-hydrogen) atoms. The highest BCUT2D eigenvalue weighted by Gasteiger charge is 2.32. The number of ether oxygens (including phenoxy) is 1. The van der Waals surface area contributed by atoms with Crippen LogP contribution in [0.5, 0.6) is 0 Å². The molecule has 1 heterocycles. The van der Waals surface area contributed by atoms with E-state index >= 15 is 0 Å².